The summed E-state index contributed by atoms with van der Waals surface area (Å²) in [6, 6.07) is 0. The first-order valence-corrected chi connectivity index (χ1v) is 6.91. The minimum atomic E-state index is -0.417. The van der Waals surface area contributed by atoms with Crippen LogP contribution in [0.5, 0.6) is 0 Å². The molecular weight excluding hydrogens is 254 g/mol. The van der Waals surface area contributed by atoms with Crippen LogP contribution in [0.1, 0.15) is 52.4 Å². The van der Waals surface area contributed by atoms with Gasteiger partial charge in [-0.2, -0.15) is 0 Å². The highest BCUT2D eigenvalue weighted by molar-refractivity contribution is 5.58. The molecule has 1 unspecified atom stereocenters. The zero-order chi connectivity index (χ0) is 15.6. The molecule has 1 aromatic heterocycles. The van der Waals surface area contributed by atoms with E-state index in [0.29, 0.717) is 17.5 Å². The lowest BCUT2D eigenvalue weighted by Gasteiger charge is -2.30. The van der Waals surface area contributed by atoms with Crippen LogP contribution < -0.4 is 16.6 Å². The number of hydrogen-bond acceptors (Lipinski definition) is 6. The number of aliphatic hydroxyl groups excluding tert-OH is 1. The van der Waals surface area contributed by atoms with E-state index in [9.17, 15) is 5.11 Å². The van der Waals surface area contributed by atoms with Crippen molar-refractivity contribution in [2.24, 2.45) is 5.84 Å². The van der Waals surface area contributed by atoms with Crippen LogP contribution in [0.2, 0.25) is 0 Å². The maximum atomic E-state index is 9.55. The average molecular weight is 281 g/mol. The SMILES string of the molecule is CCC(C)(CO)Nc1nc(C(C)(C)C)nc(NN)c1C. The van der Waals surface area contributed by atoms with Crippen molar-refractivity contribution < 1.29 is 5.11 Å². The standard InChI is InChI=1S/C14H27N5O/c1-7-14(6,8-20)18-10-9(2)11(19-15)17-12(16-10)13(3,4)5/h20H,7-8,15H2,1-6H3,(H2,16,17,18,19). The maximum Gasteiger partial charge on any atom is 0.148 e. The summed E-state index contributed by atoms with van der Waals surface area (Å²) in [5.74, 6) is 7.55. The molecule has 6 nitrogen and oxygen atoms in total. The van der Waals surface area contributed by atoms with Crippen LogP contribution in [0.25, 0.3) is 0 Å². The van der Waals surface area contributed by atoms with Crippen LogP contribution in [0.4, 0.5) is 11.6 Å². The van der Waals surface area contributed by atoms with E-state index in [1.54, 1.807) is 0 Å². The van der Waals surface area contributed by atoms with E-state index < -0.39 is 5.54 Å². The number of anilines is 2. The number of nitrogen functional groups attached to an aromatic ring is 1. The van der Waals surface area contributed by atoms with Crippen LogP contribution in [-0.4, -0.2) is 27.2 Å². The van der Waals surface area contributed by atoms with E-state index in [1.165, 1.54) is 0 Å². The van der Waals surface area contributed by atoms with Crippen molar-refractivity contribution in [1.29, 1.82) is 0 Å². The molecule has 5 N–H and O–H groups in total. The molecule has 0 spiro atoms. The smallest absolute Gasteiger partial charge is 0.148 e. The number of nitrogens with zero attached hydrogens (tertiary/aromatic N) is 2. The average Bonchev–Trinajstić information content (AvgIpc) is 2.39. The molecule has 0 fully saturated rings. The first-order valence-electron chi connectivity index (χ1n) is 6.91. The summed E-state index contributed by atoms with van der Waals surface area (Å²) in [6.07, 6.45) is 0.781. The molecule has 0 radical (unpaired) electrons. The Morgan fingerprint density at radius 3 is 2.10 bits per heavy atom. The summed E-state index contributed by atoms with van der Waals surface area (Å²) in [5.41, 5.74) is 2.86. The normalized spacial score (nSPS) is 14.8. The van der Waals surface area contributed by atoms with Crippen LogP contribution in [0, 0.1) is 6.92 Å². The molecule has 1 atom stereocenters. The zero-order valence-electron chi connectivity index (χ0n) is 13.3. The number of hydrogen-bond donors (Lipinski definition) is 4. The predicted molar refractivity (Wildman–Crippen MR) is 82.7 cm³/mol. The van der Waals surface area contributed by atoms with Gasteiger partial charge in [-0.3, -0.25) is 0 Å². The highest BCUT2D eigenvalue weighted by Crippen LogP contribution is 2.28. The van der Waals surface area contributed by atoms with Gasteiger partial charge in [-0.15, -0.1) is 0 Å². The molecule has 0 aliphatic heterocycles. The zero-order valence-corrected chi connectivity index (χ0v) is 13.3. The highest BCUT2D eigenvalue weighted by atomic mass is 16.3. The Morgan fingerprint density at radius 1 is 1.15 bits per heavy atom. The second-order valence-corrected chi connectivity index (χ2v) is 6.46. The van der Waals surface area contributed by atoms with Gasteiger partial charge in [-0.25, -0.2) is 15.8 Å². The molecule has 20 heavy (non-hydrogen) atoms. The quantitative estimate of drug-likeness (QED) is 0.486. The number of nitrogens with one attached hydrogen (secondary N) is 2. The molecule has 0 amide bonds. The fourth-order valence-corrected chi connectivity index (χ4v) is 1.64. The summed E-state index contributed by atoms with van der Waals surface area (Å²) in [4.78, 5) is 9.06. The van der Waals surface area contributed by atoms with Gasteiger partial charge < -0.3 is 15.8 Å². The van der Waals surface area contributed by atoms with E-state index in [-0.39, 0.29) is 12.0 Å². The Kier molecular flexibility index (Phi) is 4.94. The molecule has 0 bridgehead atoms. The second-order valence-electron chi connectivity index (χ2n) is 6.46. The Labute approximate surface area is 121 Å². The van der Waals surface area contributed by atoms with Crippen LogP contribution in [0.15, 0.2) is 0 Å². The van der Waals surface area contributed by atoms with E-state index in [2.05, 4.69) is 20.7 Å². The molecule has 1 rings (SSSR count). The summed E-state index contributed by atoms with van der Waals surface area (Å²) >= 11 is 0. The largest absolute Gasteiger partial charge is 0.394 e. The molecule has 0 aromatic carbocycles. The van der Waals surface area contributed by atoms with Gasteiger partial charge in [0.2, 0.25) is 0 Å². The van der Waals surface area contributed by atoms with Crippen molar-refractivity contribution in [3.8, 4) is 0 Å². The van der Waals surface area contributed by atoms with Crippen molar-refractivity contribution in [3.63, 3.8) is 0 Å². The Balaban J connectivity index is 3.31. The third-order valence-corrected chi connectivity index (χ3v) is 3.50. The molecule has 6 heteroatoms. The third-order valence-electron chi connectivity index (χ3n) is 3.50. The fraction of sp³-hybridized carbons (Fsp3) is 0.714. The topological polar surface area (TPSA) is 96.1 Å². The van der Waals surface area contributed by atoms with Crippen molar-refractivity contribution in [1.82, 2.24) is 9.97 Å². The third kappa shape index (κ3) is 3.58. The monoisotopic (exact) mass is 281 g/mol. The van der Waals surface area contributed by atoms with Crippen molar-refractivity contribution in [2.45, 2.75) is 58.9 Å². The lowest BCUT2D eigenvalue weighted by Crippen LogP contribution is -2.39. The molecule has 0 saturated heterocycles. The van der Waals surface area contributed by atoms with Gasteiger partial charge in [0.25, 0.3) is 0 Å². The van der Waals surface area contributed by atoms with E-state index in [0.717, 1.165) is 12.0 Å². The van der Waals surface area contributed by atoms with E-state index in [4.69, 9.17) is 5.84 Å². The number of rotatable bonds is 5. The summed E-state index contributed by atoms with van der Waals surface area (Å²) in [5, 5.41) is 12.9. The lowest BCUT2D eigenvalue weighted by atomic mass is 9.95. The Bertz CT molecular complexity index is 463. The van der Waals surface area contributed by atoms with Gasteiger partial charge in [0.05, 0.1) is 12.1 Å². The van der Waals surface area contributed by atoms with Crippen LogP contribution in [0.3, 0.4) is 0 Å². The minimum Gasteiger partial charge on any atom is -0.394 e. The highest BCUT2D eigenvalue weighted by Gasteiger charge is 2.25. The summed E-state index contributed by atoms with van der Waals surface area (Å²) in [6.45, 7) is 12.1. The molecule has 0 aliphatic carbocycles. The van der Waals surface area contributed by atoms with E-state index in [1.807, 2.05) is 41.5 Å². The maximum absolute atomic E-state index is 9.55. The molecule has 0 saturated carbocycles. The van der Waals surface area contributed by atoms with Crippen LogP contribution >= 0.6 is 0 Å². The van der Waals surface area contributed by atoms with Crippen LogP contribution in [-0.2, 0) is 5.41 Å². The number of nitrogens with two attached hydrogens (primary N) is 1. The van der Waals surface area contributed by atoms with Crippen molar-refractivity contribution in [2.75, 3.05) is 17.3 Å². The molecule has 0 aliphatic rings. The first-order chi connectivity index (χ1) is 9.16. The number of aliphatic hydroxyl groups is 1. The second kappa shape index (κ2) is 5.93. The predicted octanol–water partition coefficient (Wildman–Crippen LogP) is 1.94. The first kappa shape index (κ1) is 16.7. The Morgan fingerprint density at radius 2 is 1.70 bits per heavy atom. The summed E-state index contributed by atoms with van der Waals surface area (Å²) in [7, 11) is 0. The van der Waals surface area contributed by atoms with Crippen molar-refractivity contribution in [3.05, 3.63) is 11.4 Å². The number of hydrazine groups is 1. The van der Waals surface area contributed by atoms with Gasteiger partial charge in [0.15, 0.2) is 0 Å². The molecule has 1 aromatic rings. The fourth-order valence-electron chi connectivity index (χ4n) is 1.64. The summed E-state index contributed by atoms with van der Waals surface area (Å²) < 4.78 is 0. The van der Waals surface area contributed by atoms with Gasteiger partial charge in [-0.05, 0) is 20.3 Å². The molecular formula is C14H27N5O. The minimum absolute atomic E-state index is 0.0309. The van der Waals surface area contributed by atoms with Gasteiger partial charge >= 0.3 is 0 Å². The Hall–Kier alpha value is -1.40. The number of aromatic nitrogens is 2. The molecule has 114 valence electrons. The van der Waals surface area contributed by atoms with E-state index >= 15 is 0 Å². The lowest BCUT2D eigenvalue weighted by molar-refractivity contribution is 0.218. The van der Waals surface area contributed by atoms with Gasteiger partial charge in [-0.1, -0.05) is 27.7 Å². The van der Waals surface area contributed by atoms with Gasteiger partial charge in [0.1, 0.15) is 17.5 Å². The molecule has 1 heterocycles. The van der Waals surface area contributed by atoms with Crippen molar-refractivity contribution >= 4 is 11.6 Å². The van der Waals surface area contributed by atoms with Gasteiger partial charge in [0, 0.05) is 11.0 Å².